The molecule has 0 radical (unpaired) electrons. The molecule has 2 atom stereocenters. The van der Waals surface area contributed by atoms with E-state index in [0.29, 0.717) is 18.6 Å². The summed E-state index contributed by atoms with van der Waals surface area (Å²) in [7, 11) is 1.71. The molecule has 0 aromatic rings. The molecule has 2 heterocycles. The Morgan fingerprint density at radius 3 is 2.94 bits per heavy atom. The van der Waals surface area contributed by atoms with Gasteiger partial charge in [-0.2, -0.15) is 0 Å². The Morgan fingerprint density at radius 2 is 2.25 bits per heavy atom. The quantitative estimate of drug-likeness (QED) is 0.772. The smallest absolute Gasteiger partial charge is 0.240 e. The molecule has 1 amide bonds. The summed E-state index contributed by atoms with van der Waals surface area (Å²) in [5, 5.41) is 3.28. The lowest BCUT2D eigenvalue weighted by Gasteiger charge is -2.36. The highest BCUT2D eigenvalue weighted by atomic mass is 16.5. The van der Waals surface area contributed by atoms with Crippen molar-refractivity contribution >= 4 is 5.91 Å². The monoisotopic (exact) mass is 226 g/mol. The number of carbonyl (C=O) groups excluding carboxylic acids is 1. The van der Waals surface area contributed by atoms with Crippen LogP contribution in [0.2, 0.25) is 0 Å². The number of nitrogens with zero attached hydrogens (tertiary/aromatic N) is 1. The summed E-state index contributed by atoms with van der Waals surface area (Å²) in [4.78, 5) is 14.3. The molecule has 2 fully saturated rings. The Balaban J connectivity index is 1.95. The van der Waals surface area contributed by atoms with Gasteiger partial charge >= 0.3 is 0 Å². The number of likely N-dealkylation sites (tertiary alicyclic amines) is 1. The Labute approximate surface area is 97.3 Å². The van der Waals surface area contributed by atoms with Crippen molar-refractivity contribution in [3.8, 4) is 0 Å². The minimum atomic E-state index is 0.0671. The maximum Gasteiger partial charge on any atom is 0.240 e. The van der Waals surface area contributed by atoms with Crippen molar-refractivity contribution in [1.29, 1.82) is 0 Å². The van der Waals surface area contributed by atoms with E-state index >= 15 is 0 Å². The average molecular weight is 226 g/mol. The summed E-state index contributed by atoms with van der Waals surface area (Å²) < 4.78 is 5.21. The molecule has 0 aromatic heterocycles. The molecule has 0 aromatic carbocycles. The second kappa shape index (κ2) is 5.64. The molecule has 16 heavy (non-hydrogen) atoms. The van der Waals surface area contributed by atoms with Crippen LogP contribution in [-0.4, -0.2) is 49.7 Å². The number of methoxy groups -OCH3 is 1. The van der Waals surface area contributed by atoms with Crippen LogP contribution in [-0.2, 0) is 9.53 Å². The van der Waals surface area contributed by atoms with Crippen molar-refractivity contribution in [2.24, 2.45) is 0 Å². The number of piperidine rings is 1. The van der Waals surface area contributed by atoms with E-state index < -0.39 is 0 Å². The highest BCUT2D eigenvalue weighted by Gasteiger charge is 2.32. The van der Waals surface area contributed by atoms with Gasteiger partial charge in [0.15, 0.2) is 0 Å². The van der Waals surface area contributed by atoms with E-state index in [1.165, 1.54) is 6.42 Å². The Hall–Kier alpha value is -0.610. The van der Waals surface area contributed by atoms with Crippen LogP contribution in [0.4, 0.5) is 0 Å². The van der Waals surface area contributed by atoms with E-state index in [0.717, 1.165) is 38.8 Å². The SMILES string of the molecule is COC[C@@H]1CCCCN1C(=O)[C@@H]1CCCN1. The number of hydrogen-bond donors (Lipinski definition) is 1. The van der Waals surface area contributed by atoms with Gasteiger partial charge in [-0.05, 0) is 38.6 Å². The third-order valence-electron chi connectivity index (χ3n) is 3.63. The molecular formula is C12H22N2O2. The largest absolute Gasteiger partial charge is 0.383 e. The molecular weight excluding hydrogens is 204 g/mol. The van der Waals surface area contributed by atoms with Crippen LogP contribution in [0.1, 0.15) is 32.1 Å². The molecule has 0 spiro atoms. The van der Waals surface area contributed by atoms with Crippen LogP contribution in [0.3, 0.4) is 0 Å². The predicted octanol–water partition coefficient (Wildman–Crippen LogP) is 0.766. The van der Waals surface area contributed by atoms with Gasteiger partial charge in [0.25, 0.3) is 0 Å². The first-order valence-corrected chi connectivity index (χ1v) is 6.35. The first-order valence-electron chi connectivity index (χ1n) is 6.35. The molecule has 2 rings (SSSR count). The van der Waals surface area contributed by atoms with E-state index in [-0.39, 0.29) is 6.04 Å². The number of rotatable bonds is 3. The molecule has 2 saturated heterocycles. The van der Waals surface area contributed by atoms with E-state index in [2.05, 4.69) is 5.32 Å². The fourth-order valence-electron chi connectivity index (χ4n) is 2.75. The van der Waals surface area contributed by atoms with E-state index in [1.807, 2.05) is 4.90 Å². The Morgan fingerprint density at radius 1 is 1.38 bits per heavy atom. The Kier molecular flexibility index (Phi) is 4.18. The van der Waals surface area contributed by atoms with Crippen LogP contribution in [0.5, 0.6) is 0 Å². The van der Waals surface area contributed by atoms with Gasteiger partial charge in [-0.1, -0.05) is 0 Å². The standard InChI is InChI=1S/C12H22N2O2/c1-16-9-10-5-2-3-8-14(10)12(15)11-6-4-7-13-11/h10-11,13H,2-9H2,1H3/t10-,11-/m0/s1. The molecule has 4 heteroatoms. The number of carbonyl (C=O) groups is 1. The highest BCUT2D eigenvalue weighted by molar-refractivity contribution is 5.82. The van der Waals surface area contributed by atoms with Gasteiger partial charge < -0.3 is 15.0 Å². The fourth-order valence-corrected chi connectivity index (χ4v) is 2.75. The van der Waals surface area contributed by atoms with Gasteiger partial charge in [-0.3, -0.25) is 4.79 Å². The van der Waals surface area contributed by atoms with Crippen molar-refractivity contribution in [2.45, 2.75) is 44.2 Å². The molecule has 2 aliphatic rings. The van der Waals surface area contributed by atoms with Gasteiger partial charge in [0.05, 0.1) is 18.7 Å². The second-order valence-electron chi connectivity index (χ2n) is 4.79. The fraction of sp³-hybridized carbons (Fsp3) is 0.917. The normalized spacial score (nSPS) is 30.7. The molecule has 0 saturated carbocycles. The summed E-state index contributed by atoms with van der Waals surface area (Å²) >= 11 is 0. The maximum absolute atomic E-state index is 12.3. The minimum absolute atomic E-state index is 0.0671. The number of ether oxygens (including phenoxy) is 1. The van der Waals surface area contributed by atoms with Crippen molar-refractivity contribution in [1.82, 2.24) is 10.2 Å². The first kappa shape index (κ1) is 11.9. The van der Waals surface area contributed by atoms with Crippen LogP contribution in [0, 0.1) is 0 Å². The molecule has 0 unspecified atom stereocenters. The zero-order valence-corrected chi connectivity index (χ0v) is 10.1. The molecule has 0 bridgehead atoms. The Bertz CT molecular complexity index is 237. The lowest BCUT2D eigenvalue weighted by atomic mass is 10.0. The van der Waals surface area contributed by atoms with Gasteiger partial charge in [-0.25, -0.2) is 0 Å². The van der Waals surface area contributed by atoms with Crippen LogP contribution in [0.15, 0.2) is 0 Å². The summed E-state index contributed by atoms with van der Waals surface area (Å²) in [6.45, 7) is 2.57. The average Bonchev–Trinajstić information content (AvgIpc) is 2.83. The maximum atomic E-state index is 12.3. The molecule has 0 aliphatic carbocycles. The second-order valence-corrected chi connectivity index (χ2v) is 4.79. The van der Waals surface area contributed by atoms with Crippen LogP contribution < -0.4 is 5.32 Å². The van der Waals surface area contributed by atoms with Crippen LogP contribution in [0.25, 0.3) is 0 Å². The van der Waals surface area contributed by atoms with Crippen molar-refractivity contribution in [3.63, 3.8) is 0 Å². The van der Waals surface area contributed by atoms with Crippen LogP contribution >= 0.6 is 0 Å². The van der Waals surface area contributed by atoms with Crippen molar-refractivity contribution < 1.29 is 9.53 Å². The first-order chi connectivity index (χ1) is 7.83. The number of hydrogen-bond acceptors (Lipinski definition) is 3. The summed E-state index contributed by atoms with van der Waals surface area (Å²) in [6, 6.07) is 0.367. The van der Waals surface area contributed by atoms with Gasteiger partial charge in [0, 0.05) is 13.7 Å². The van der Waals surface area contributed by atoms with E-state index in [1.54, 1.807) is 7.11 Å². The third-order valence-corrected chi connectivity index (χ3v) is 3.63. The lowest BCUT2D eigenvalue weighted by Crippen LogP contribution is -2.52. The summed E-state index contributed by atoms with van der Waals surface area (Å²) in [5.74, 6) is 0.291. The molecule has 92 valence electrons. The predicted molar refractivity (Wildman–Crippen MR) is 62.3 cm³/mol. The van der Waals surface area contributed by atoms with E-state index in [9.17, 15) is 4.79 Å². The minimum Gasteiger partial charge on any atom is -0.383 e. The zero-order chi connectivity index (χ0) is 11.4. The third kappa shape index (κ3) is 2.55. The van der Waals surface area contributed by atoms with E-state index in [4.69, 9.17) is 4.74 Å². The zero-order valence-electron chi connectivity index (χ0n) is 10.1. The highest BCUT2D eigenvalue weighted by Crippen LogP contribution is 2.20. The molecule has 4 nitrogen and oxygen atoms in total. The number of amides is 1. The number of nitrogens with one attached hydrogen (secondary N) is 1. The summed E-state index contributed by atoms with van der Waals surface area (Å²) in [6.07, 6.45) is 5.56. The van der Waals surface area contributed by atoms with Gasteiger partial charge in [-0.15, -0.1) is 0 Å². The summed E-state index contributed by atoms with van der Waals surface area (Å²) in [5.41, 5.74) is 0. The van der Waals surface area contributed by atoms with Gasteiger partial charge in [0.1, 0.15) is 0 Å². The molecule has 1 N–H and O–H groups in total. The van der Waals surface area contributed by atoms with Crippen molar-refractivity contribution in [3.05, 3.63) is 0 Å². The van der Waals surface area contributed by atoms with Crippen molar-refractivity contribution in [2.75, 3.05) is 26.8 Å². The topological polar surface area (TPSA) is 41.6 Å². The molecule has 2 aliphatic heterocycles. The lowest BCUT2D eigenvalue weighted by molar-refractivity contribution is -0.138. The van der Waals surface area contributed by atoms with Gasteiger partial charge in [0.2, 0.25) is 5.91 Å².